The van der Waals surface area contributed by atoms with Crippen molar-refractivity contribution in [3.63, 3.8) is 0 Å². The largest absolute Gasteiger partial charge is 0.481 e. The maximum absolute atomic E-state index is 12.2. The molecule has 126 valence electrons. The fourth-order valence-electron chi connectivity index (χ4n) is 2.41. The van der Waals surface area contributed by atoms with Gasteiger partial charge >= 0.3 is 5.97 Å². The second kappa shape index (κ2) is 7.94. The number of carboxylic acid groups (broad SMARTS) is 1. The number of nitrogens with one attached hydrogen (secondary N) is 1. The van der Waals surface area contributed by atoms with Gasteiger partial charge in [0.15, 0.2) is 6.61 Å². The zero-order valence-corrected chi connectivity index (χ0v) is 13.3. The molecule has 0 aliphatic carbocycles. The molecule has 1 fully saturated rings. The van der Waals surface area contributed by atoms with E-state index >= 15 is 0 Å². The Labute approximate surface area is 134 Å². The van der Waals surface area contributed by atoms with Crippen LogP contribution in [0.4, 0.5) is 0 Å². The zero-order valence-electron chi connectivity index (χ0n) is 13.3. The molecule has 2 rings (SSSR count). The molecule has 1 unspecified atom stereocenters. The van der Waals surface area contributed by atoms with Crippen LogP contribution in [0.25, 0.3) is 0 Å². The number of hydrogen-bond donors (Lipinski definition) is 2. The van der Waals surface area contributed by atoms with Crippen molar-refractivity contribution >= 4 is 11.9 Å². The van der Waals surface area contributed by atoms with E-state index in [0.717, 1.165) is 0 Å². The SMILES string of the molecule is Cc1cc(C(=O)NCC2COCCO2)cc(C)c1OCC(=O)O. The van der Waals surface area contributed by atoms with E-state index in [4.69, 9.17) is 19.3 Å². The predicted molar refractivity (Wildman–Crippen MR) is 81.9 cm³/mol. The van der Waals surface area contributed by atoms with Crippen LogP contribution < -0.4 is 10.1 Å². The highest BCUT2D eigenvalue weighted by molar-refractivity contribution is 5.95. The van der Waals surface area contributed by atoms with Crippen LogP contribution in [0.5, 0.6) is 5.75 Å². The molecule has 1 aliphatic heterocycles. The van der Waals surface area contributed by atoms with Crippen molar-refractivity contribution in [2.24, 2.45) is 0 Å². The molecule has 0 bridgehead atoms. The van der Waals surface area contributed by atoms with Gasteiger partial charge in [-0.3, -0.25) is 4.79 Å². The minimum Gasteiger partial charge on any atom is -0.481 e. The van der Waals surface area contributed by atoms with Crippen molar-refractivity contribution in [3.8, 4) is 5.75 Å². The lowest BCUT2D eigenvalue weighted by atomic mass is 10.0. The highest BCUT2D eigenvalue weighted by Crippen LogP contribution is 2.24. The molecule has 0 radical (unpaired) electrons. The monoisotopic (exact) mass is 323 g/mol. The average molecular weight is 323 g/mol. The van der Waals surface area contributed by atoms with Crippen molar-refractivity contribution < 1.29 is 28.9 Å². The number of aliphatic carboxylic acids is 1. The first-order valence-corrected chi connectivity index (χ1v) is 7.40. The van der Waals surface area contributed by atoms with Gasteiger partial charge in [0.25, 0.3) is 5.91 Å². The third-order valence-corrected chi connectivity index (χ3v) is 3.44. The molecule has 1 aromatic carbocycles. The van der Waals surface area contributed by atoms with Gasteiger partial charge in [-0.15, -0.1) is 0 Å². The van der Waals surface area contributed by atoms with Crippen molar-refractivity contribution in [3.05, 3.63) is 28.8 Å². The Hall–Kier alpha value is -2.12. The van der Waals surface area contributed by atoms with Crippen LogP contribution in [0, 0.1) is 13.8 Å². The van der Waals surface area contributed by atoms with E-state index in [0.29, 0.717) is 48.8 Å². The molecule has 7 heteroatoms. The van der Waals surface area contributed by atoms with Crippen LogP contribution in [-0.4, -0.2) is 56.1 Å². The van der Waals surface area contributed by atoms with Crippen LogP contribution in [0.3, 0.4) is 0 Å². The number of carboxylic acids is 1. The lowest BCUT2D eigenvalue weighted by Gasteiger charge is -2.23. The molecule has 1 aromatic rings. The van der Waals surface area contributed by atoms with Gasteiger partial charge in [0.2, 0.25) is 0 Å². The summed E-state index contributed by atoms with van der Waals surface area (Å²) in [5.74, 6) is -0.761. The smallest absolute Gasteiger partial charge is 0.341 e. The first-order chi connectivity index (χ1) is 11.0. The van der Waals surface area contributed by atoms with E-state index in [9.17, 15) is 9.59 Å². The summed E-state index contributed by atoms with van der Waals surface area (Å²) in [4.78, 5) is 22.8. The van der Waals surface area contributed by atoms with E-state index in [-0.39, 0.29) is 12.0 Å². The summed E-state index contributed by atoms with van der Waals surface area (Å²) in [6.07, 6.45) is -0.131. The Kier molecular flexibility index (Phi) is 5.95. The highest BCUT2D eigenvalue weighted by Gasteiger charge is 2.17. The Morgan fingerprint density at radius 1 is 1.30 bits per heavy atom. The minimum absolute atomic E-state index is 0.131. The molecule has 1 saturated heterocycles. The van der Waals surface area contributed by atoms with Gasteiger partial charge in [0, 0.05) is 12.1 Å². The molecule has 0 aromatic heterocycles. The number of hydrogen-bond acceptors (Lipinski definition) is 5. The van der Waals surface area contributed by atoms with Gasteiger partial charge in [-0.05, 0) is 37.1 Å². The quantitative estimate of drug-likeness (QED) is 0.808. The van der Waals surface area contributed by atoms with Crippen molar-refractivity contribution in [1.82, 2.24) is 5.32 Å². The third kappa shape index (κ3) is 4.94. The number of amides is 1. The number of aryl methyl sites for hydroxylation is 2. The van der Waals surface area contributed by atoms with E-state index in [1.165, 1.54) is 0 Å². The molecular weight excluding hydrogens is 302 g/mol. The summed E-state index contributed by atoms with van der Waals surface area (Å²) in [5.41, 5.74) is 1.93. The Morgan fingerprint density at radius 3 is 2.57 bits per heavy atom. The summed E-state index contributed by atoms with van der Waals surface area (Å²) in [6.45, 7) is 5.12. The molecule has 1 amide bonds. The fourth-order valence-corrected chi connectivity index (χ4v) is 2.41. The summed E-state index contributed by atoms with van der Waals surface area (Å²) in [6, 6.07) is 3.36. The van der Waals surface area contributed by atoms with Crippen molar-refractivity contribution in [1.29, 1.82) is 0 Å². The molecule has 0 saturated carbocycles. The third-order valence-electron chi connectivity index (χ3n) is 3.44. The molecule has 1 atom stereocenters. The fraction of sp³-hybridized carbons (Fsp3) is 0.500. The summed E-state index contributed by atoms with van der Waals surface area (Å²) >= 11 is 0. The average Bonchev–Trinajstić information content (AvgIpc) is 2.52. The Morgan fingerprint density at radius 2 is 2.00 bits per heavy atom. The Bertz CT molecular complexity index is 557. The van der Waals surface area contributed by atoms with Crippen LogP contribution in [0.2, 0.25) is 0 Å². The number of benzene rings is 1. The van der Waals surface area contributed by atoms with Crippen LogP contribution in [-0.2, 0) is 14.3 Å². The van der Waals surface area contributed by atoms with Crippen LogP contribution in [0.1, 0.15) is 21.5 Å². The second-order valence-electron chi connectivity index (χ2n) is 5.40. The van der Waals surface area contributed by atoms with Gasteiger partial charge in [-0.25, -0.2) is 4.79 Å². The minimum atomic E-state index is -1.04. The molecule has 7 nitrogen and oxygen atoms in total. The molecule has 1 aliphatic rings. The van der Waals surface area contributed by atoms with E-state index in [2.05, 4.69) is 5.32 Å². The van der Waals surface area contributed by atoms with Crippen LogP contribution in [0.15, 0.2) is 12.1 Å². The lowest BCUT2D eigenvalue weighted by Crippen LogP contribution is -2.39. The maximum atomic E-state index is 12.2. The van der Waals surface area contributed by atoms with E-state index < -0.39 is 12.6 Å². The highest BCUT2D eigenvalue weighted by atomic mass is 16.6. The molecule has 23 heavy (non-hydrogen) atoms. The normalized spacial score (nSPS) is 17.6. The summed E-state index contributed by atoms with van der Waals surface area (Å²) < 4.78 is 16.0. The Balaban J connectivity index is 1.98. The molecule has 2 N–H and O–H groups in total. The number of carbonyl (C=O) groups excluding carboxylic acids is 1. The standard InChI is InChI=1S/C16H21NO6/c1-10-5-12(6-11(2)15(10)23-9-14(18)19)16(20)17-7-13-8-21-3-4-22-13/h5-6,13H,3-4,7-9H2,1-2H3,(H,17,20)(H,18,19). The topological polar surface area (TPSA) is 94.1 Å². The predicted octanol–water partition coefficient (Wildman–Crippen LogP) is 0.912. The van der Waals surface area contributed by atoms with Gasteiger partial charge in [0.1, 0.15) is 5.75 Å². The zero-order chi connectivity index (χ0) is 16.8. The van der Waals surface area contributed by atoms with Gasteiger partial charge in [0.05, 0.1) is 25.9 Å². The first-order valence-electron chi connectivity index (χ1n) is 7.40. The van der Waals surface area contributed by atoms with E-state index in [1.54, 1.807) is 26.0 Å². The molecule has 0 spiro atoms. The number of rotatable bonds is 6. The lowest BCUT2D eigenvalue weighted by molar-refractivity contribution is -0.139. The number of carbonyl (C=O) groups is 2. The maximum Gasteiger partial charge on any atom is 0.341 e. The van der Waals surface area contributed by atoms with Gasteiger partial charge < -0.3 is 24.6 Å². The molecule has 1 heterocycles. The van der Waals surface area contributed by atoms with Crippen molar-refractivity contribution in [2.75, 3.05) is 33.0 Å². The summed E-state index contributed by atoms with van der Waals surface area (Å²) in [7, 11) is 0. The number of ether oxygens (including phenoxy) is 3. The molecular formula is C16H21NO6. The second-order valence-corrected chi connectivity index (χ2v) is 5.40. The van der Waals surface area contributed by atoms with Crippen LogP contribution >= 0.6 is 0 Å². The van der Waals surface area contributed by atoms with Gasteiger partial charge in [-0.1, -0.05) is 0 Å². The summed E-state index contributed by atoms with van der Waals surface area (Å²) in [5, 5.41) is 11.5. The van der Waals surface area contributed by atoms with E-state index in [1.807, 2.05) is 0 Å². The first kappa shape index (κ1) is 17.2. The van der Waals surface area contributed by atoms with Gasteiger partial charge in [-0.2, -0.15) is 0 Å². The van der Waals surface area contributed by atoms with Crippen molar-refractivity contribution in [2.45, 2.75) is 20.0 Å².